The van der Waals surface area contributed by atoms with Crippen molar-refractivity contribution in [2.75, 3.05) is 0 Å². The van der Waals surface area contributed by atoms with Crippen molar-refractivity contribution < 1.29 is 4.92 Å². The van der Waals surface area contributed by atoms with E-state index in [4.69, 9.17) is 0 Å². The zero-order valence-corrected chi connectivity index (χ0v) is 7.06. The molecule has 1 aliphatic rings. The molecule has 1 saturated carbocycles. The van der Waals surface area contributed by atoms with E-state index in [-0.39, 0.29) is 10.6 Å². The number of nitro benzene ring substituents is 1. The van der Waals surface area contributed by atoms with Crippen molar-refractivity contribution in [2.45, 2.75) is 12.8 Å². The molecule has 2 rings (SSSR count). The molecule has 1 aliphatic carbocycles. The van der Waals surface area contributed by atoms with Crippen molar-refractivity contribution in [1.29, 1.82) is 0 Å². The molecular formula is C10H9NO2. The number of allylic oxidation sites excluding steroid dienone is 1. The Morgan fingerprint density at radius 2 is 2.00 bits per heavy atom. The molecule has 0 spiro atoms. The van der Waals surface area contributed by atoms with Crippen molar-refractivity contribution in [3.05, 3.63) is 45.5 Å². The summed E-state index contributed by atoms with van der Waals surface area (Å²) in [6.07, 6.45) is 4.09. The summed E-state index contributed by atoms with van der Waals surface area (Å²) < 4.78 is 0. The Hall–Kier alpha value is -1.64. The SMILES string of the molecule is O=[N+]([O-])c1ccccc1C=C1CC1. The average Bonchev–Trinajstić information content (AvgIpc) is 2.89. The molecule has 0 N–H and O–H groups in total. The molecule has 0 aromatic heterocycles. The van der Waals surface area contributed by atoms with Gasteiger partial charge in [0.1, 0.15) is 0 Å². The quantitative estimate of drug-likeness (QED) is 0.512. The van der Waals surface area contributed by atoms with Gasteiger partial charge in [0.25, 0.3) is 5.69 Å². The van der Waals surface area contributed by atoms with Crippen LogP contribution in [-0.4, -0.2) is 4.92 Å². The molecule has 66 valence electrons. The highest BCUT2D eigenvalue weighted by Gasteiger charge is 2.15. The largest absolute Gasteiger partial charge is 0.276 e. The zero-order valence-electron chi connectivity index (χ0n) is 7.06. The smallest absolute Gasteiger partial charge is 0.258 e. The van der Waals surface area contributed by atoms with Gasteiger partial charge in [-0.2, -0.15) is 0 Å². The second-order valence-electron chi connectivity index (χ2n) is 3.12. The molecule has 0 radical (unpaired) electrons. The normalized spacial score (nSPS) is 14.0. The Labute approximate surface area is 75.8 Å². The molecule has 3 heteroatoms. The summed E-state index contributed by atoms with van der Waals surface area (Å²) in [4.78, 5) is 10.3. The maximum Gasteiger partial charge on any atom is 0.276 e. The Morgan fingerprint density at radius 1 is 1.31 bits per heavy atom. The molecule has 0 unspecified atom stereocenters. The van der Waals surface area contributed by atoms with Crippen molar-refractivity contribution in [2.24, 2.45) is 0 Å². The van der Waals surface area contributed by atoms with Gasteiger partial charge in [-0.15, -0.1) is 0 Å². The number of nitrogens with zero attached hydrogens (tertiary/aromatic N) is 1. The van der Waals surface area contributed by atoms with Crippen LogP contribution < -0.4 is 0 Å². The maximum absolute atomic E-state index is 10.6. The summed E-state index contributed by atoms with van der Waals surface area (Å²) in [5.41, 5.74) is 2.22. The number of nitro groups is 1. The lowest BCUT2D eigenvalue weighted by Gasteiger charge is -1.95. The average molecular weight is 175 g/mol. The summed E-state index contributed by atoms with van der Waals surface area (Å²) >= 11 is 0. The number of para-hydroxylation sites is 1. The third kappa shape index (κ3) is 1.75. The van der Waals surface area contributed by atoms with Gasteiger partial charge in [-0.1, -0.05) is 17.7 Å². The Bertz CT molecular complexity index is 376. The highest BCUT2D eigenvalue weighted by Crippen LogP contribution is 2.32. The number of benzene rings is 1. The third-order valence-electron chi connectivity index (χ3n) is 2.03. The molecule has 0 bridgehead atoms. The Balaban J connectivity index is 2.42. The molecule has 0 amide bonds. The lowest BCUT2D eigenvalue weighted by Crippen LogP contribution is -1.90. The molecule has 0 saturated heterocycles. The van der Waals surface area contributed by atoms with E-state index < -0.39 is 0 Å². The van der Waals surface area contributed by atoms with Gasteiger partial charge in [0.15, 0.2) is 0 Å². The first kappa shape index (κ1) is 7.98. The molecule has 13 heavy (non-hydrogen) atoms. The second-order valence-corrected chi connectivity index (χ2v) is 3.12. The van der Waals surface area contributed by atoms with Crippen LogP contribution in [0.1, 0.15) is 18.4 Å². The molecule has 1 fully saturated rings. The van der Waals surface area contributed by atoms with Crippen molar-refractivity contribution in [3.63, 3.8) is 0 Å². The van der Waals surface area contributed by atoms with Gasteiger partial charge in [0.2, 0.25) is 0 Å². The van der Waals surface area contributed by atoms with Crippen LogP contribution >= 0.6 is 0 Å². The fourth-order valence-corrected chi connectivity index (χ4v) is 1.21. The fourth-order valence-electron chi connectivity index (χ4n) is 1.21. The van der Waals surface area contributed by atoms with Crippen LogP contribution in [0.3, 0.4) is 0 Å². The first-order chi connectivity index (χ1) is 6.27. The minimum atomic E-state index is -0.339. The highest BCUT2D eigenvalue weighted by atomic mass is 16.6. The Morgan fingerprint density at radius 3 is 2.62 bits per heavy atom. The summed E-state index contributed by atoms with van der Waals surface area (Å²) in [6.45, 7) is 0. The molecule has 0 atom stereocenters. The van der Waals surface area contributed by atoms with E-state index in [9.17, 15) is 10.1 Å². The molecule has 0 aliphatic heterocycles. The fraction of sp³-hybridized carbons (Fsp3) is 0.200. The van der Waals surface area contributed by atoms with E-state index in [2.05, 4.69) is 0 Å². The minimum Gasteiger partial charge on any atom is -0.258 e. The molecule has 0 heterocycles. The third-order valence-corrected chi connectivity index (χ3v) is 2.03. The van der Waals surface area contributed by atoms with Crippen molar-refractivity contribution in [3.8, 4) is 0 Å². The van der Waals surface area contributed by atoms with E-state index in [1.807, 2.05) is 12.1 Å². The van der Waals surface area contributed by atoms with E-state index in [1.54, 1.807) is 12.1 Å². The summed E-state index contributed by atoms with van der Waals surface area (Å²) in [5, 5.41) is 10.6. The molecule has 1 aromatic rings. The standard InChI is InChI=1S/C10H9NO2/c12-11(13)10-4-2-1-3-9(10)7-8-5-6-8/h1-4,7H,5-6H2. The Kier molecular flexibility index (Phi) is 1.85. The van der Waals surface area contributed by atoms with E-state index in [0.29, 0.717) is 0 Å². The van der Waals surface area contributed by atoms with Crippen LogP contribution in [0.15, 0.2) is 29.8 Å². The number of hydrogen-bond acceptors (Lipinski definition) is 2. The first-order valence-corrected chi connectivity index (χ1v) is 4.20. The number of hydrogen-bond donors (Lipinski definition) is 0. The summed E-state index contributed by atoms with van der Waals surface area (Å²) in [6, 6.07) is 6.83. The minimum absolute atomic E-state index is 0.196. The van der Waals surface area contributed by atoms with Crippen LogP contribution in [0.25, 0.3) is 6.08 Å². The van der Waals surface area contributed by atoms with Crippen LogP contribution in [-0.2, 0) is 0 Å². The van der Waals surface area contributed by atoms with Crippen LogP contribution in [0, 0.1) is 10.1 Å². The van der Waals surface area contributed by atoms with Crippen LogP contribution in [0.4, 0.5) is 5.69 Å². The van der Waals surface area contributed by atoms with Gasteiger partial charge in [-0.05, 0) is 25.0 Å². The molecule has 3 nitrogen and oxygen atoms in total. The molecular weight excluding hydrogens is 166 g/mol. The lowest BCUT2D eigenvalue weighted by molar-refractivity contribution is -0.385. The topological polar surface area (TPSA) is 43.1 Å². The second kappa shape index (κ2) is 3.01. The monoisotopic (exact) mass is 175 g/mol. The van der Waals surface area contributed by atoms with Crippen molar-refractivity contribution in [1.82, 2.24) is 0 Å². The van der Waals surface area contributed by atoms with Gasteiger partial charge in [-0.25, -0.2) is 0 Å². The summed E-state index contributed by atoms with van der Waals surface area (Å²) in [7, 11) is 0. The zero-order chi connectivity index (χ0) is 9.26. The van der Waals surface area contributed by atoms with Crippen LogP contribution in [0.5, 0.6) is 0 Å². The van der Waals surface area contributed by atoms with Gasteiger partial charge < -0.3 is 0 Å². The van der Waals surface area contributed by atoms with Gasteiger partial charge in [0, 0.05) is 6.07 Å². The predicted molar refractivity (Wildman–Crippen MR) is 50.3 cm³/mol. The number of rotatable bonds is 2. The maximum atomic E-state index is 10.6. The summed E-state index contributed by atoms with van der Waals surface area (Å²) in [5.74, 6) is 0. The van der Waals surface area contributed by atoms with E-state index in [0.717, 1.165) is 18.4 Å². The van der Waals surface area contributed by atoms with E-state index in [1.165, 1.54) is 11.6 Å². The van der Waals surface area contributed by atoms with Gasteiger partial charge in [0.05, 0.1) is 10.5 Å². The first-order valence-electron chi connectivity index (χ1n) is 4.20. The molecule has 1 aromatic carbocycles. The van der Waals surface area contributed by atoms with Crippen molar-refractivity contribution >= 4 is 11.8 Å². The highest BCUT2D eigenvalue weighted by molar-refractivity contribution is 5.64. The van der Waals surface area contributed by atoms with E-state index >= 15 is 0 Å². The predicted octanol–water partition coefficient (Wildman–Crippen LogP) is 2.77. The van der Waals surface area contributed by atoms with Gasteiger partial charge in [-0.3, -0.25) is 10.1 Å². The van der Waals surface area contributed by atoms with Crippen LogP contribution in [0.2, 0.25) is 0 Å². The van der Waals surface area contributed by atoms with Gasteiger partial charge >= 0.3 is 0 Å². The lowest BCUT2D eigenvalue weighted by atomic mass is 10.1.